The summed E-state index contributed by atoms with van der Waals surface area (Å²) in [4.78, 5) is 23.0. The molecule has 5 nitrogen and oxygen atoms in total. The summed E-state index contributed by atoms with van der Waals surface area (Å²) in [7, 11) is 0. The Morgan fingerprint density at radius 1 is 1.10 bits per heavy atom. The Balaban J connectivity index is 1.51. The van der Waals surface area contributed by atoms with Gasteiger partial charge < -0.3 is 10.2 Å². The predicted molar refractivity (Wildman–Crippen MR) is 103 cm³/mol. The lowest BCUT2D eigenvalue weighted by Crippen LogP contribution is -2.31. The third kappa shape index (κ3) is 4.21. The number of anilines is 2. The first-order chi connectivity index (χ1) is 13.9. The Labute approximate surface area is 165 Å². The standard InChI is InChI=1S/C21H17F3N4O/c22-21(23,24)16-4-2-5-17(10-16)27-20(29)14-3-1-6-18(9-14)28-8-7-19-15(12-28)11-25-13-26-19/h1-6,9-11,13H,7-8,12H2,(H,27,29). The van der Waals surface area contributed by atoms with E-state index in [0.29, 0.717) is 12.1 Å². The van der Waals surface area contributed by atoms with Crippen LogP contribution in [-0.4, -0.2) is 22.4 Å². The van der Waals surface area contributed by atoms with Gasteiger partial charge in [-0.2, -0.15) is 13.2 Å². The van der Waals surface area contributed by atoms with Crippen LogP contribution in [0.4, 0.5) is 24.5 Å². The van der Waals surface area contributed by atoms with Crippen molar-refractivity contribution in [3.05, 3.63) is 83.4 Å². The number of benzene rings is 2. The molecule has 0 saturated heterocycles. The minimum absolute atomic E-state index is 0.0966. The largest absolute Gasteiger partial charge is 0.416 e. The summed E-state index contributed by atoms with van der Waals surface area (Å²) in [6.45, 7) is 1.39. The summed E-state index contributed by atoms with van der Waals surface area (Å²) in [6.07, 6.45) is -0.362. The van der Waals surface area contributed by atoms with Gasteiger partial charge in [0.25, 0.3) is 5.91 Å². The molecule has 0 aliphatic carbocycles. The van der Waals surface area contributed by atoms with Crippen LogP contribution in [0.5, 0.6) is 0 Å². The van der Waals surface area contributed by atoms with E-state index in [4.69, 9.17) is 0 Å². The number of nitrogens with one attached hydrogen (secondary N) is 1. The zero-order valence-electron chi connectivity index (χ0n) is 15.3. The van der Waals surface area contributed by atoms with E-state index in [2.05, 4.69) is 20.2 Å². The van der Waals surface area contributed by atoms with Crippen LogP contribution in [0, 0.1) is 0 Å². The van der Waals surface area contributed by atoms with E-state index in [1.807, 2.05) is 6.07 Å². The Morgan fingerprint density at radius 2 is 1.93 bits per heavy atom. The van der Waals surface area contributed by atoms with Crippen LogP contribution in [0.2, 0.25) is 0 Å². The van der Waals surface area contributed by atoms with Crippen LogP contribution in [0.25, 0.3) is 0 Å². The average Bonchev–Trinajstić information content (AvgIpc) is 2.73. The SMILES string of the molecule is O=C(Nc1cccc(C(F)(F)F)c1)c1cccc(N2CCc3ncncc3C2)c1. The Kier molecular flexibility index (Phi) is 4.92. The predicted octanol–water partition coefficient (Wildman–Crippen LogP) is 4.31. The molecule has 4 rings (SSSR count). The summed E-state index contributed by atoms with van der Waals surface area (Å²) < 4.78 is 38.6. The maximum absolute atomic E-state index is 12.9. The first kappa shape index (κ1) is 18.9. The number of hydrogen-bond acceptors (Lipinski definition) is 4. The summed E-state index contributed by atoms with van der Waals surface area (Å²) >= 11 is 0. The molecule has 1 aromatic heterocycles. The van der Waals surface area contributed by atoms with Crippen molar-refractivity contribution in [2.75, 3.05) is 16.8 Å². The third-order valence-corrected chi connectivity index (χ3v) is 4.78. The van der Waals surface area contributed by atoms with Gasteiger partial charge in [-0.1, -0.05) is 12.1 Å². The second-order valence-electron chi connectivity index (χ2n) is 6.75. The molecule has 0 atom stereocenters. The van der Waals surface area contributed by atoms with E-state index in [1.54, 1.807) is 24.4 Å². The fourth-order valence-electron chi connectivity index (χ4n) is 3.31. The number of nitrogens with zero attached hydrogens (tertiary/aromatic N) is 3. The number of alkyl halides is 3. The van der Waals surface area contributed by atoms with Gasteiger partial charge in [0.15, 0.2) is 0 Å². The van der Waals surface area contributed by atoms with Crippen molar-refractivity contribution >= 4 is 17.3 Å². The lowest BCUT2D eigenvalue weighted by atomic mass is 10.1. The van der Waals surface area contributed by atoms with E-state index in [1.165, 1.54) is 18.5 Å². The lowest BCUT2D eigenvalue weighted by molar-refractivity contribution is -0.137. The molecule has 1 aliphatic rings. The van der Waals surface area contributed by atoms with E-state index in [-0.39, 0.29) is 5.69 Å². The minimum Gasteiger partial charge on any atom is -0.367 e. The minimum atomic E-state index is -4.46. The smallest absolute Gasteiger partial charge is 0.367 e. The molecule has 29 heavy (non-hydrogen) atoms. The molecule has 0 fully saturated rings. The second-order valence-corrected chi connectivity index (χ2v) is 6.75. The third-order valence-electron chi connectivity index (χ3n) is 4.78. The van der Waals surface area contributed by atoms with Gasteiger partial charge in [-0.05, 0) is 36.4 Å². The number of carbonyl (C=O) groups is 1. The second kappa shape index (κ2) is 7.54. The molecule has 1 amide bonds. The highest BCUT2D eigenvalue weighted by atomic mass is 19.4. The van der Waals surface area contributed by atoms with E-state index in [9.17, 15) is 18.0 Å². The van der Waals surface area contributed by atoms with Gasteiger partial charge in [0.05, 0.1) is 11.3 Å². The van der Waals surface area contributed by atoms with Crippen molar-refractivity contribution in [1.82, 2.24) is 9.97 Å². The molecule has 0 bridgehead atoms. The van der Waals surface area contributed by atoms with Crippen molar-refractivity contribution in [3.8, 4) is 0 Å². The zero-order valence-corrected chi connectivity index (χ0v) is 15.3. The number of fused-ring (bicyclic) bond motifs is 1. The van der Waals surface area contributed by atoms with Crippen LogP contribution < -0.4 is 10.2 Å². The lowest BCUT2D eigenvalue weighted by Gasteiger charge is -2.30. The van der Waals surface area contributed by atoms with Gasteiger partial charge in [0, 0.05) is 48.2 Å². The monoisotopic (exact) mass is 398 g/mol. The maximum atomic E-state index is 12.9. The maximum Gasteiger partial charge on any atom is 0.416 e. The summed E-state index contributed by atoms with van der Waals surface area (Å²) in [5, 5.41) is 2.54. The molecule has 1 aliphatic heterocycles. The summed E-state index contributed by atoms with van der Waals surface area (Å²) in [5.74, 6) is -0.466. The van der Waals surface area contributed by atoms with Gasteiger partial charge in [0.1, 0.15) is 6.33 Å². The van der Waals surface area contributed by atoms with Crippen LogP contribution in [0.3, 0.4) is 0 Å². The van der Waals surface area contributed by atoms with Crippen LogP contribution in [0.1, 0.15) is 27.2 Å². The number of halogens is 3. The highest BCUT2D eigenvalue weighted by Gasteiger charge is 2.30. The van der Waals surface area contributed by atoms with Gasteiger partial charge >= 0.3 is 6.18 Å². The zero-order chi connectivity index (χ0) is 20.4. The van der Waals surface area contributed by atoms with Gasteiger partial charge in [-0.15, -0.1) is 0 Å². The van der Waals surface area contributed by atoms with Crippen molar-refractivity contribution in [3.63, 3.8) is 0 Å². The topological polar surface area (TPSA) is 58.1 Å². The van der Waals surface area contributed by atoms with Crippen molar-refractivity contribution in [2.45, 2.75) is 19.1 Å². The number of rotatable bonds is 3. The van der Waals surface area contributed by atoms with E-state index < -0.39 is 17.6 Å². The highest BCUT2D eigenvalue weighted by Crippen LogP contribution is 2.31. The molecule has 8 heteroatoms. The Bertz CT molecular complexity index is 1050. The van der Waals surface area contributed by atoms with Crippen LogP contribution in [-0.2, 0) is 19.1 Å². The van der Waals surface area contributed by atoms with E-state index >= 15 is 0 Å². The summed E-state index contributed by atoms with van der Waals surface area (Å²) in [5.41, 5.74) is 2.58. The molecule has 1 N–H and O–H groups in total. The first-order valence-electron chi connectivity index (χ1n) is 9.01. The quantitative estimate of drug-likeness (QED) is 0.714. The molecule has 0 spiro atoms. The van der Waals surface area contributed by atoms with Crippen molar-refractivity contribution < 1.29 is 18.0 Å². The summed E-state index contributed by atoms with van der Waals surface area (Å²) in [6, 6.07) is 11.6. The highest BCUT2D eigenvalue weighted by molar-refractivity contribution is 6.04. The fraction of sp³-hybridized carbons (Fsp3) is 0.190. The molecule has 2 aromatic carbocycles. The molecular weight excluding hydrogens is 381 g/mol. The van der Waals surface area contributed by atoms with Crippen LogP contribution >= 0.6 is 0 Å². The average molecular weight is 398 g/mol. The molecule has 0 unspecified atom stereocenters. The van der Waals surface area contributed by atoms with Crippen LogP contribution in [0.15, 0.2) is 61.1 Å². The van der Waals surface area contributed by atoms with Crippen molar-refractivity contribution in [2.24, 2.45) is 0 Å². The van der Waals surface area contributed by atoms with Gasteiger partial charge in [-0.25, -0.2) is 9.97 Å². The molecular formula is C21H17F3N4O. The van der Waals surface area contributed by atoms with E-state index in [0.717, 1.165) is 42.0 Å². The number of aromatic nitrogens is 2. The number of amides is 1. The number of carbonyl (C=O) groups excluding carboxylic acids is 1. The first-order valence-corrected chi connectivity index (χ1v) is 9.01. The fourth-order valence-corrected chi connectivity index (χ4v) is 3.31. The van der Waals surface area contributed by atoms with Crippen molar-refractivity contribution in [1.29, 1.82) is 0 Å². The molecule has 2 heterocycles. The normalized spacial score (nSPS) is 13.7. The Hall–Kier alpha value is -3.42. The molecule has 0 radical (unpaired) electrons. The molecule has 0 saturated carbocycles. The number of hydrogen-bond donors (Lipinski definition) is 1. The van der Waals surface area contributed by atoms with Gasteiger partial charge in [0.2, 0.25) is 0 Å². The molecule has 3 aromatic rings. The Morgan fingerprint density at radius 3 is 2.76 bits per heavy atom. The molecule has 148 valence electrons. The van der Waals surface area contributed by atoms with Gasteiger partial charge in [-0.3, -0.25) is 4.79 Å².